The van der Waals surface area contributed by atoms with Crippen LogP contribution in [0.15, 0.2) is 59.3 Å². The van der Waals surface area contributed by atoms with Crippen molar-refractivity contribution in [3.8, 4) is 0 Å². The molecule has 2 aromatic heterocycles. The lowest BCUT2D eigenvalue weighted by molar-refractivity contribution is 0.0946. The summed E-state index contributed by atoms with van der Waals surface area (Å²) in [5, 5.41) is 11.4. The fraction of sp³-hybridized carbons (Fsp3) is 0.0625. The molecule has 0 unspecified atom stereocenters. The highest BCUT2D eigenvalue weighted by molar-refractivity contribution is 5.96. The van der Waals surface area contributed by atoms with Crippen LogP contribution in [0.25, 0.3) is 11.0 Å². The molecule has 0 radical (unpaired) electrons. The predicted molar refractivity (Wildman–Crippen MR) is 77.5 cm³/mol. The van der Waals surface area contributed by atoms with Crippen LogP contribution in [0, 0.1) is 5.41 Å². The van der Waals surface area contributed by atoms with Crippen LogP contribution < -0.4 is 10.9 Å². The Morgan fingerprint density at radius 3 is 2.90 bits per heavy atom. The Hall–Kier alpha value is -2.95. The highest BCUT2D eigenvalue weighted by Gasteiger charge is 2.11. The Balaban J connectivity index is 1.84. The third kappa shape index (κ3) is 2.81. The number of rotatable bonds is 3. The van der Waals surface area contributed by atoms with E-state index in [-0.39, 0.29) is 17.0 Å². The van der Waals surface area contributed by atoms with Gasteiger partial charge in [-0.2, -0.15) is 0 Å². The molecule has 5 heteroatoms. The summed E-state index contributed by atoms with van der Waals surface area (Å²) in [6, 6.07) is 12.6. The largest absolute Gasteiger partial charge is 0.438 e. The second kappa shape index (κ2) is 5.58. The molecule has 5 nitrogen and oxygen atoms in total. The Morgan fingerprint density at radius 2 is 2.10 bits per heavy atom. The number of nitrogens with zero attached hydrogens (tertiary/aromatic N) is 1. The van der Waals surface area contributed by atoms with E-state index in [2.05, 4.69) is 10.3 Å². The van der Waals surface area contributed by atoms with Gasteiger partial charge in [0.05, 0.1) is 0 Å². The van der Waals surface area contributed by atoms with E-state index in [1.807, 2.05) is 30.3 Å². The number of hydrogen-bond donors (Lipinski definition) is 2. The van der Waals surface area contributed by atoms with Gasteiger partial charge in [-0.25, -0.2) is 0 Å². The first-order valence-electron chi connectivity index (χ1n) is 6.48. The van der Waals surface area contributed by atoms with Crippen LogP contribution in [0.2, 0.25) is 0 Å². The van der Waals surface area contributed by atoms with Gasteiger partial charge < -0.3 is 9.73 Å². The average Bonchev–Trinajstić information content (AvgIpc) is 2.53. The minimum Gasteiger partial charge on any atom is -0.438 e. The molecule has 0 atom stereocenters. The van der Waals surface area contributed by atoms with E-state index in [1.165, 1.54) is 0 Å². The molecule has 0 spiro atoms. The lowest BCUT2D eigenvalue weighted by Crippen LogP contribution is -2.27. The van der Waals surface area contributed by atoms with Crippen LogP contribution >= 0.6 is 0 Å². The summed E-state index contributed by atoms with van der Waals surface area (Å²) in [4.78, 5) is 16.2. The summed E-state index contributed by atoms with van der Waals surface area (Å²) in [7, 11) is 0. The Bertz CT molecular complexity index is 841. The highest BCUT2D eigenvalue weighted by atomic mass is 16.3. The Kier molecular flexibility index (Phi) is 3.47. The molecule has 2 N–H and O–H groups in total. The molecule has 3 rings (SSSR count). The van der Waals surface area contributed by atoms with Gasteiger partial charge in [0, 0.05) is 24.3 Å². The first kappa shape index (κ1) is 13.1. The van der Waals surface area contributed by atoms with Gasteiger partial charge in [-0.15, -0.1) is 0 Å². The summed E-state index contributed by atoms with van der Waals surface area (Å²) in [6.07, 6.45) is 3.36. The van der Waals surface area contributed by atoms with Crippen LogP contribution in [-0.4, -0.2) is 10.9 Å². The molecular formula is C16H13N3O2. The molecule has 1 aromatic carbocycles. The molecular weight excluding hydrogens is 266 g/mol. The molecule has 3 aromatic rings. The number of fused-ring (bicyclic) bond motifs is 1. The van der Waals surface area contributed by atoms with Crippen molar-refractivity contribution in [1.82, 2.24) is 10.3 Å². The van der Waals surface area contributed by atoms with Crippen molar-refractivity contribution in [2.24, 2.45) is 0 Å². The summed E-state index contributed by atoms with van der Waals surface area (Å²) >= 11 is 0. The lowest BCUT2D eigenvalue weighted by Gasteiger charge is -2.06. The number of nitrogens with one attached hydrogen (secondary N) is 2. The molecule has 0 aliphatic carbocycles. The summed E-state index contributed by atoms with van der Waals surface area (Å²) in [6.45, 7) is 0.360. The molecule has 104 valence electrons. The fourth-order valence-electron chi connectivity index (χ4n) is 2.03. The minimum atomic E-state index is -0.335. The van der Waals surface area contributed by atoms with Gasteiger partial charge in [-0.05, 0) is 23.8 Å². The third-order valence-electron chi connectivity index (χ3n) is 3.10. The molecule has 0 saturated heterocycles. The van der Waals surface area contributed by atoms with Gasteiger partial charge in [0.15, 0.2) is 0 Å². The summed E-state index contributed by atoms with van der Waals surface area (Å²) in [5.41, 5.74) is 1.57. The first-order chi connectivity index (χ1) is 10.2. The topological polar surface area (TPSA) is 79.0 Å². The zero-order valence-corrected chi connectivity index (χ0v) is 11.2. The maximum atomic E-state index is 12.2. The summed E-state index contributed by atoms with van der Waals surface area (Å²) < 4.78 is 5.36. The van der Waals surface area contributed by atoms with Crippen LogP contribution in [0.1, 0.15) is 15.9 Å². The number of para-hydroxylation sites is 1. The number of aromatic nitrogens is 1. The zero-order chi connectivity index (χ0) is 14.7. The standard InChI is InChI=1S/C16H13N3O2/c17-15-13(8-12-5-1-2-6-14(12)21-15)16(20)19-10-11-4-3-7-18-9-11/h1-9,17H,10H2,(H,19,20). The molecule has 21 heavy (non-hydrogen) atoms. The molecule has 1 amide bonds. The van der Waals surface area contributed by atoms with Crippen molar-refractivity contribution < 1.29 is 9.21 Å². The van der Waals surface area contributed by atoms with Crippen molar-refractivity contribution >= 4 is 16.9 Å². The number of amides is 1. The smallest absolute Gasteiger partial charge is 0.257 e. The van der Waals surface area contributed by atoms with Crippen molar-refractivity contribution in [2.45, 2.75) is 6.54 Å². The number of hydrogen-bond acceptors (Lipinski definition) is 4. The third-order valence-corrected chi connectivity index (χ3v) is 3.10. The van der Waals surface area contributed by atoms with Crippen molar-refractivity contribution in [3.63, 3.8) is 0 Å². The van der Waals surface area contributed by atoms with Gasteiger partial charge in [0.2, 0.25) is 5.55 Å². The molecule has 2 heterocycles. The van der Waals surface area contributed by atoms with Gasteiger partial charge >= 0.3 is 0 Å². The van der Waals surface area contributed by atoms with Gasteiger partial charge in [-0.1, -0.05) is 24.3 Å². The van der Waals surface area contributed by atoms with Crippen LogP contribution in [-0.2, 0) is 6.54 Å². The molecule has 0 saturated carbocycles. The predicted octanol–water partition coefficient (Wildman–Crippen LogP) is 2.24. The molecule has 0 fully saturated rings. The normalized spacial score (nSPS) is 10.5. The fourth-order valence-corrected chi connectivity index (χ4v) is 2.03. The van der Waals surface area contributed by atoms with Crippen molar-refractivity contribution in [2.75, 3.05) is 0 Å². The van der Waals surface area contributed by atoms with E-state index >= 15 is 0 Å². The van der Waals surface area contributed by atoms with E-state index in [4.69, 9.17) is 9.83 Å². The van der Waals surface area contributed by atoms with E-state index in [0.29, 0.717) is 12.1 Å². The number of carbonyl (C=O) groups excluding carboxylic acids is 1. The van der Waals surface area contributed by atoms with Crippen LogP contribution in [0.4, 0.5) is 0 Å². The monoisotopic (exact) mass is 279 g/mol. The SMILES string of the molecule is N=c1oc2ccccc2cc1C(=O)NCc1cccnc1. The lowest BCUT2D eigenvalue weighted by atomic mass is 10.1. The van der Waals surface area contributed by atoms with Gasteiger partial charge in [0.25, 0.3) is 5.91 Å². The average molecular weight is 279 g/mol. The van der Waals surface area contributed by atoms with E-state index in [0.717, 1.165) is 10.9 Å². The number of pyridine rings is 1. The second-order valence-corrected chi connectivity index (χ2v) is 4.57. The number of carbonyl (C=O) groups is 1. The zero-order valence-electron chi connectivity index (χ0n) is 11.2. The van der Waals surface area contributed by atoms with E-state index in [1.54, 1.807) is 24.5 Å². The number of benzene rings is 1. The van der Waals surface area contributed by atoms with Crippen LogP contribution in [0.5, 0.6) is 0 Å². The van der Waals surface area contributed by atoms with Crippen molar-refractivity contribution in [1.29, 1.82) is 5.41 Å². The Morgan fingerprint density at radius 1 is 1.24 bits per heavy atom. The Labute approximate surface area is 120 Å². The summed E-state index contributed by atoms with van der Waals surface area (Å²) in [5.74, 6) is -0.335. The first-order valence-corrected chi connectivity index (χ1v) is 6.48. The maximum Gasteiger partial charge on any atom is 0.257 e. The van der Waals surface area contributed by atoms with Gasteiger partial charge in [0.1, 0.15) is 11.1 Å². The van der Waals surface area contributed by atoms with E-state index in [9.17, 15) is 4.79 Å². The second-order valence-electron chi connectivity index (χ2n) is 4.57. The highest BCUT2D eigenvalue weighted by Crippen LogP contribution is 2.12. The molecule has 0 aliphatic rings. The molecule has 0 bridgehead atoms. The van der Waals surface area contributed by atoms with Crippen molar-refractivity contribution in [3.05, 3.63) is 71.5 Å². The minimum absolute atomic E-state index is 0.141. The van der Waals surface area contributed by atoms with Crippen LogP contribution in [0.3, 0.4) is 0 Å². The van der Waals surface area contributed by atoms with Gasteiger partial charge in [-0.3, -0.25) is 15.2 Å². The molecule has 0 aliphatic heterocycles. The quantitative estimate of drug-likeness (QED) is 0.771. The maximum absolute atomic E-state index is 12.2. The van der Waals surface area contributed by atoms with E-state index < -0.39 is 0 Å².